The van der Waals surface area contributed by atoms with Gasteiger partial charge in [0.25, 0.3) is 0 Å². The molecule has 0 spiro atoms. The molecule has 96 valence electrons. The Morgan fingerprint density at radius 3 is 2.44 bits per heavy atom. The van der Waals surface area contributed by atoms with Crippen LogP contribution in [0.2, 0.25) is 0 Å². The molecule has 0 aliphatic rings. The first-order valence-corrected chi connectivity index (χ1v) is 7.30. The van der Waals surface area contributed by atoms with Crippen LogP contribution in [0, 0.1) is 11.8 Å². The van der Waals surface area contributed by atoms with Gasteiger partial charge in [-0.25, -0.2) is 0 Å². The molecule has 0 saturated heterocycles. The molecule has 0 heterocycles. The Hall–Kier alpha value is -0.220. The Morgan fingerprint density at radius 1 is 1.38 bits per heavy atom. The molecule has 0 aromatic heterocycles. The molecule has 4 heteroatoms. The van der Waals surface area contributed by atoms with E-state index in [1.165, 1.54) is 0 Å². The van der Waals surface area contributed by atoms with Crippen molar-refractivity contribution in [1.82, 2.24) is 5.32 Å². The second kappa shape index (κ2) is 8.88. The van der Waals surface area contributed by atoms with Gasteiger partial charge in [0.2, 0.25) is 5.91 Å². The van der Waals surface area contributed by atoms with Crippen molar-refractivity contribution in [2.75, 3.05) is 19.3 Å². The molecule has 0 aromatic carbocycles. The van der Waals surface area contributed by atoms with Gasteiger partial charge in [-0.05, 0) is 25.0 Å². The molecule has 0 radical (unpaired) electrons. The van der Waals surface area contributed by atoms with E-state index in [0.717, 1.165) is 19.4 Å². The fourth-order valence-corrected chi connectivity index (χ4v) is 1.89. The highest BCUT2D eigenvalue weighted by atomic mass is 32.2. The lowest BCUT2D eigenvalue weighted by Gasteiger charge is -2.17. The van der Waals surface area contributed by atoms with E-state index in [9.17, 15) is 4.79 Å². The lowest BCUT2D eigenvalue weighted by atomic mass is 9.96. The van der Waals surface area contributed by atoms with E-state index in [0.29, 0.717) is 17.7 Å². The van der Waals surface area contributed by atoms with E-state index >= 15 is 0 Å². The Balaban J connectivity index is 3.84. The Bertz CT molecular complexity index is 197. The molecule has 2 unspecified atom stereocenters. The van der Waals surface area contributed by atoms with Crippen molar-refractivity contribution >= 4 is 17.7 Å². The highest BCUT2D eigenvalue weighted by Gasteiger charge is 2.17. The predicted octanol–water partition coefficient (Wildman–Crippen LogP) is 1.87. The van der Waals surface area contributed by atoms with Gasteiger partial charge < -0.3 is 11.1 Å². The van der Waals surface area contributed by atoms with E-state index in [1.807, 2.05) is 11.8 Å². The molecule has 3 nitrogen and oxygen atoms in total. The van der Waals surface area contributed by atoms with Gasteiger partial charge in [-0.1, -0.05) is 20.8 Å². The van der Waals surface area contributed by atoms with Crippen LogP contribution in [0.25, 0.3) is 0 Å². The van der Waals surface area contributed by atoms with Crippen LogP contribution in [0.4, 0.5) is 0 Å². The second-order valence-electron chi connectivity index (χ2n) is 4.69. The molecule has 0 aliphatic carbocycles. The molecule has 0 bridgehead atoms. The summed E-state index contributed by atoms with van der Waals surface area (Å²) < 4.78 is 0. The van der Waals surface area contributed by atoms with Crippen molar-refractivity contribution < 1.29 is 4.79 Å². The number of carbonyl (C=O) groups excluding carboxylic acids is 1. The lowest BCUT2D eigenvalue weighted by molar-refractivity contribution is -0.125. The maximum absolute atomic E-state index is 11.8. The number of hydrogen-bond acceptors (Lipinski definition) is 3. The van der Waals surface area contributed by atoms with Crippen molar-refractivity contribution in [3.63, 3.8) is 0 Å². The standard InChI is InChI=1S/C12H26N2OS/c1-9(2)7-11(8-13)12(15)14-6-5-10(3)16-4/h9-11H,5-8,13H2,1-4H3,(H,14,15). The van der Waals surface area contributed by atoms with E-state index in [2.05, 4.69) is 32.3 Å². The first-order chi connectivity index (χ1) is 7.51. The zero-order chi connectivity index (χ0) is 12.6. The molecule has 0 aromatic rings. The normalized spacial score (nSPS) is 14.9. The zero-order valence-electron chi connectivity index (χ0n) is 11.0. The van der Waals surface area contributed by atoms with Crippen LogP contribution in [0.3, 0.4) is 0 Å². The minimum absolute atomic E-state index is 0.0235. The fourth-order valence-electron chi connectivity index (χ4n) is 1.54. The van der Waals surface area contributed by atoms with Gasteiger partial charge in [0.1, 0.15) is 0 Å². The smallest absolute Gasteiger partial charge is 0.224 e. The summed E-state index contributed by atoms with van der Waals surface area (Å²) in [5, 5.41) is 3.57. The lowest BCUT2D eigenvalue weighted by Crippen LogP contribution is -2.36. The van der Waals surface area contributed by atoms with Crippen LogP contribution in [0.1, 0.15) is 33.6 Å². The average Bonchev–Trinajstić information content (AvgIpc) is 2.24. The van der Waals surface area contributed by atoms with Gasteiger partial charge in [0.15, 0.2) is 0 Å². The quantitative estimate of drug-likeness (QED) is 0.687. The summed E-state index contributed by atoms with van der Waals surface area (Å²) >= 11 is 1.83. The van der Waals surface area contributed by atoms with Crippen molar-refractivity contribution in [2.24, 2.45) is 17.6 Å². The monoisotopic (exact) mass is 246 g/mol. The number of carbonyl (C=O) groups is 1. The largest absolute Gasteiger partial charge is 0.356 e. The number of hydrogen-bond donors (Lipinski definition) is 2. The molecule has 2 atom stereocenters. The van der Waals surface area contributed by atoms with E-state index in [-0.39, 0.29) is 11.8 Å². The van der Waals surface area contributed by atoms with Crippen molar-refractivity contribution in [2.45, 2.75) is 38.9 Å². The van der Waals surface area contributed by atoms with Crippen LogP contribution >= 0.6 is 11.8 Å². The number of amides is 1. The van der Waals surface area contributed by atoms with Crippen molar-refractivity contribution in [3.05, 3.63) is 0 Å². The third-order valence-electron chi connectivity index (χ3n) is 2.66. The van der Waals surface area contributed by atoms with Crippen molar-refractivity contribution in [1.29, 1.82) is 0 Å². The van der Waals surface area contributed by atoms with E-state index in [4.69, 9.17) is 5.73 Å². The molecule has 0 rings (SSSR count). The summed E-state index contributed by atoms with van der Waals surface area (Å²) in [6, 6.07) is 0. The maximum Gasteiger partial charge on any atom is 0.224 e. The van der Waals surface area contributed by atoms with Crippen LogP contribution in [-0.2, 0) is 4.79 Å². The number of thioether (sulfide) groups is 1. The van der Waals surface area contributed by atoms with Crippen LogP contribution in [0.5, 0.6) is 0 Å². The number of nitrogens with one attached hydrogen (secondary N) is 1. The van der Waals surface area contributed by atoms with E-state index < -0.39 is 0 Å². The van der Waals surface area contributed by atoms with Gasteiger partial charge in [-0.3, -0.25) is 4.79 Å². The molecule has 0 aliphatic heterocycles. The highest BCUT2D eigenvalue weighted by Crippen LogP contribution is 2.11. The minimum Gasteiger partial charge on any atom is -0.356 e. The Labute approximate surface area is 104 Å². The predicted molar refractivity (Wildman–Crippen MR) is 72.6 cm³/mol. The number of nitrogens with two attached hydrogens (primary N) is 1. The molecule has 0 fully saturated rings. The molecule has 0 saturated carbocycles. The maximum atomic E-state index is 11.8. The minimum atomic E-state index is -0.0235. The second-order valence-corrected chi connectivity index (χ2v) is 5.96. The van der Waals surface area contributed by atoms with Gasteiger partial charge in [-0.2, -0.15) is 11.8 Å². The third-order valence-corrected chi connectivity index (χ3v) is 3.70. The first-order valence-electron chi connectivity index (χ1n) is 6.01. The third kappa shape index (κ3) is 7.12. The molecular formula is C12H26N2OS. The fraction of sp³-hybridized carbons (Fsp3) is 0.917. The van der Waals surface area contributed by atoms with E-state index in [1.54, 1.807) is 0 Å². The number of rotatable bonds is 8. The summed E-state index contributed by atoms with van der Waals surface area (Å²) in [5.74, 6) is 0.610. The summed E-state index contributed by atoms with van der Waals surface area (Å²) in [6.07, 6.45) is 3.99. The summed E-state index contributed by atoms with van der Waals surface area (Å²) in [4.78, 5) is 11.8. The van der Waals surface area contributed by atoms with Gasteiger partial charge in [0.05, 0.1) is 5.92 Å². The molecular weight excluding hydrogens is 220 g/mol. The topological polar surface area (TPSA) is 55.1 Å². The summed E-state index contributed by atoms with van der Waals surface area (Å²) in [5.41, 5.74) is 5.61. The van der Waals surface area contributed by atoms with Crippen LogP contribution < -0.4 is 11.1 Å². The Morgan fingerprint density at radius 2 is 2.00 bits per heavy atom. The zero-order valence-corrected chi connectivity index (χ0v) is 11.8. The van der Waals surface area contributed by atoms with Crippen molar-refractivity contribution in [3.8, 4) is 0 Å². The highest BCUT2D eigenvalue weighted by molar-refractivity contribution is 7.99. The van der Waals surface area contributed by atoms with Gasteiger partial charge in [0, 0.05) is 18.3 Å². The van der Waals surface area contributed by atoms with Gasteiger partial charge in [-0.15, -0.1) is 0 Å². The summed E-state index contributed by atoms with van der Waals surface area (Å²) in [7, 11) is 0. The first kappa shape index (κ1) is 15.8. The van der Waals surface area contributed by atoms with Crippen LogP contribution in [-0.4, -0.2) is 30.5 Å². The van der Waals surface area contributed by atoms with Gasteiger partial charge >= 0.3 is 0 Å². The summed E-state index contributed by atoms with van der Waals surface area (Å²) in [6.45, 7) is 7.61. The average molecular weight is 246 g/mol. The molecule has 3 N–H and O–H groups in total. The van der Waals surface area contributed by atoms with Crippen LogP contribution in [0.15, 0.2) is 0 Å². The Kier molecular flexibility index (Phi) is 8.76. The molecule has 16 heavy (non-hydrogen) atoms. The molecule has 1 amide bonds. The SMILES string of the molecule is CSC(C)CCNC(=O)C(CN)CC(C)C.